The van der Waals surface area contributed by atoms with Crippen LogP contribution in [0.5, 0.6) is 0 Å². The fraction of sp³-hybridized carbons (Fsp3) is 0.316. The average molecular weight is 377 g/mol. The number of esters is 1. The molecule has 0 aliphatic carbocycles. The van der Waals surface area contributed by atoms with Crippen LogP contribution >= 0.6 is 12.4 Å². The minimum atomic E-state index is -0.376. The summed E-state index contributed by atoms with van der Waals surface area (Å²) in [4.78, 5) is 24.8. The van der Waals surface area contributed by atoms with Crippen LogP contribution in [-0.2, 0) is 11.3 Å². The van der Waals surface area contributed by atoms with Crippen molar-refractivity contribution >= 4 is 24.1 Å². The zero-order valence-electron chi connectivity index (χ0n) is 14.2. The number of nitrogens with zero attached hydrogens (tertiary/aromatic N) is 2. The first-order chi connectivity index (χ1) is 12.1. The monoisotopic (exact) mass is 376 g/mol. The summed E-state index contributed by atoms with van der Waals surface area (Å²) >= 11 is 0. The third-order valence-electron chi connectivity index (χ3n) is 4.35. The standard InChI is InChI=1S/C19H20N2O4.ClH/c22-19(16-6-2-1-3-7-16)25-18-9-11-20(12-10-18)14-15-5-4-8-17(13-15)21(23)24;/h1-8,13,18H,9-12,14H2;1H. The smallest absolute Gasteiger partial charge is 0.338 e. The molecule has 2 aromatic carbocycles. The minimum absolute atomic E-state index is 0. The number of carbonyl (C=O) groups is 1. The largest absolute Gasteiger partial charge is 0.459 e. The molecule has 138 valence electrons. The Morgan fingerprint density at radius 1 is 1.12 bits per heavy atom. The van der Waals surface area contributed by atoms with E-state index < -0.39 is 0 Å². The van der Waals surface area contributed by atoms with Crippen LogP contribution in [0.3, 0.4) is 0 Å². The molecule has 0 aromatic heterocycles. The van der Waals surface area contributed by atoms with E-state index in [2.05, 4.69) is 4.90 Å². The first-order valence-electron chi connectivity index (χ1n) is 8.33. The zero-order valence-corrected chi connectivity index (χ0v) is 15.1. The van der Waals surface area contributed by atoms with E-state index in [1.807, 2.05) is 24.3 Å². The summed E-state index contributed by atoms with van der Waals surface area (Å²) in [6.45, 7) is 2.27. The summed E-state index contributed by atoms with van der Waals surface area (Å²) in [5.74, 6) is -0.280. The predicted molar refractivity (Wildman–Crippen MR) is 101 cm³/mol. The molecule has 0 amide bonds. The van der Waals surface area contributed by atoms with Crippen LogP contribution in [0.25, 0.3) is 0 Å². The van der Waals surface area contributed by atoms with Gasteiger partial charge in [0.25, 0.3) is 5.69 Å². The Bertz CT molecular complexity index is 746. The Balaban J connectivity index is 0.00000243. The third kappa shape index (κ3) is 5.28. The van der Waals surface area contributed by atoms with Crippen LogP contribution in [0.15, 0.2) is 54.6 Å². The number of nitro groups is 1. The van der Waals surface area contributed by atoms with Gasteiger partial charge >= 0.3 is 5.97 Å². The van der Waals surface area contributed by atoms with Crippen LogP contribution in [0.2, 0.25) is 0 Å². The molecule has 1 aliphatic rings. The SMILES string of the molecule is Cl.O=C(OC1CCN(Cc2cccc([N+](=O)[O-])c2)CC1)c1ccccc1. The molecule has 26 heavy (non-hydrogen) atoms. The van der Waals surface area contributed by atoms with Crippen molar-refractivity contribution in [2.24, 2.45) is 0 Å². The summed E-state index contributed by atoms with van der Waals surface area (Å²) < 4.78 is 5.57. The number of nitro benzene ring substituents is 1. The Morgan fingerprint density at radius 2 is 1.81 bits per heavy atom. The fourth-order valence-corrected chi connectivity index (χ4v) is 3.01. The quantitative estimate of drug-likeness (QED) is 0.450. The van der Waals surface area contributed by atoms with Crippen molar-refractivity contribution in [2.45, 2.75) is 25.5 Å². The molecule has 7 heteroatoms. The molecular weight excluding hydrogens is 356 g/mol. The summed E-state index contributed by atoms with van der Waals surface area (Å²) in [5, 5.41) is 10.9. The van der Waals surface area contributed by atoms with Gasteiger partial charge in [-0.3, -0.25) is 15.0 Å². The molecule has 0 unspecified atom stereocenters. The van der Waals surface area contributed by atoms with Crippen LogP contribution in [0, 0.1) is 10.1 Å². The van der Waals surface area contributed by atoms with Crippen LogP contribution in [-0.4, -0.2) is 35.0 Å². The molecule has 6 nitrogen and oxygen atoms in total. The van der Waals surface area contributed by atoms with E-state index in [9.17, 15) is 14.9 Å². The summed E-state index contributed by atoms with van der Waals surface area (Å²) in [7, 11) is 0. The van der Waals surface area contributed by atoms with Gasteiger partial charge in [0.05, 0.1) is 10.5 Å². The Morgan fingerprint density at radius 3 is 2.46 bits per heavy atom. The highest BCUT2D eigenvalue weighted by Crippen LogP contribution is 2.20. The van der Waals surface area contributed by atoms with Crippen molar-refractivity contribution in [1.82, 2.24) is 4.90 Å². The van der Waals surface area contributed by atoms with Gasteiger partial charge in [0.15, 0.2) is 0 Å². The van der Waals surface area contributed by atoms with E-state index in [4.69, 9.17) is 4.74 Å². The van der Waals surface area contributed by atoms with Gasteiger partial charge in [-0.1, -0.05) is 30.3 Å². The first kappa shape index (κ1) is 19.9. The summed E-state index contributed by atoms with van der Waals surface area (Å²) in [6.07, 6.45) is 1.47. The van der Waals surface area contributed by atoms with Crippen LogP contribution < -0.4 is 0 Å². The lowest BCUT2D eigenvalue weighted by atomic mass is 10.1. The first-order valence-corrected chi connectivity index (χ1v) is 8.33. The summed E-state index contributed by atoms with van der Waals surface area (Å²) in [5.41, 5.74) is 1.61. The van der Waals surface area contributed by atoms with Gasteiger partial charge in [0, 0.05) is 31.8 Å². The number of hydrogen-bond acceptors (Lipinski definition) is 5. The summed E-state index contributed by atoms with van der Waals surface area (Å²) in [6, 6.07) is 15.7. The maximum Gasteiger partial charge on any atom is 0.338 e. The van der Waals surface area contributed by atoms with Crippen LogP contribution in [0.4, 0.5) is 5.69 Å². The van der Waals surface area contributed by atoms with Gasteiger partial charge in [-0.2, -0.15) is 0 Å². The number of benzene rings is 2. The van der Waals surface area contributed by atoms with Gasteiger partial charge < -0.3 is 4.74 Å². The number of rotatable bonds is 5. The maximum atomic E-state index is 12.1. The maximum absolute atomic E-state index is 12.1. The number of likely N-dealkylation sites (tertiary alicyclic amines) is 1. The predicted octanol–water partition coefficient (Wildman–Crippen LogP) is 3.84. The molecule has 1 heterocycles. The van der Waals surface area contributed by atoms with E-state index in [-0.39, 0.29) is 35.1 Å². The van der Waals surface area contributed by atoms with E-state index in [1.54, 1.807) is 24.3 Å². The van der Waals surface area contributed by atoms with Crippen molar-refractivity contribution < 1.29 is 14.5 Å². The van der Waals surface area contributed by atoms with Crippen molar-refractivity contribution in [3.8, 4) is 0 Å². The minimum Gasteiger partial charge on any atom is -0.459 e. The molecule has 1 fully saturated rings. The number of carbonyl (C=O) groups excluding carboxylic acids is 1. The highest BCUT2D eigenvalue weighted by molar-refractivity contribution is 5.89. The number of non-ortho nitro benzene ring substituents is 1. The second kappa shape index (κ2) is 9.31. The number of halogens is 1. The normalized spacial score (nSPS) is 15.1. The van der Waals surface area contributed by atoms with E-state index >= 15 is 0 Å². The van der Waals surface area contributed by atoms with E-state index in [0.29, 0.717) is 12.1 Å². The molecule has 0 N–H and O–H groups in total. The molecule has 0 bridgehead atoms. The lowest BCUT2D eigenvalue weighted by Gasteiger charge is -2.31. The number of ether oxygens (including phenoxy) is 1. The highest BCUT2D eigenvalue weighted by Gasteiger charge is 2.23. The molecule has 2 aromatic rings. The van der Waals surface area contributed by atoms with Gasteiger partial charge in [-0.15, -0.1) is 12.4 Å². The topological polar surface area (TPSA) is 72.7 Å². The third-order valence-corrected chi connectivity index (χ3v) is 4.35. The zero-order chi connectivity index (χ0) is 17.6. The molecule has 0 atom stereocenters. The van der Waals surface area contributed by atoms with Crippen molar-refractivity contribution in [3.05, 3.63) is 75.8 Å². The van der Waals surface area contributed by atoms with Crippen LogP contribution in [0.1, 0.15) is 28.8 Å². The molecule has 3 rings (SSSR count). The lowest BCUT2D eigenvalue weighted by molar-refractivity contribution is -0.384. The van der Waals surface area contributed by atoms with Crippen molar-refractivity contribution in [1.29, 1.82) is 0 Å². The molecule has 1 saturated heterocycles. The molecule has 0 spiro atoms. The fourth-order valence-electron chi connectivity index (χ4n) is 3.01. The molecular formula is C19H21ClN2O4. The van der Waals surface area contributed by atoms with E-state index in [1.165, 1.54) is 6.07 Å². The molecule has 0 radical (unpaired) electrons. The highest BCUT2D eigenvalue weighted by atomic mass is 35.5. The van der Waals surface area contributed by atoms with Gasteiger partial charge in [0.1, 0.15) is 6.10 Å². The second-order valence-corrected chi connectivity index (χ2v) is 6.17. The van der Waals surface area contributed by atoms with Crippen molar-refractivity contribution in [3.63, 3.8) is 0 Å². The van der Waals surface area contributed by atoms with E-state index in [0.717, 1.165) is 31.5 Å². The number of piperidine rings is 1. The van der Waals surface area contributed by atoms with Crippen molar-refractivity contribution in [2.75, 3.05) is 13.1 Å². The Hall–Kier alpha value is -2.44. The lowest BCUT2D eigenvalue weighted by Crippen LogP contribution is -2.37. The number of hydrogen-bond donors (Lipinski definition) is 0. The molecule has 0 saturated carbocycles. The van der Waals surface area contributed by atoms with Gasteiger partial charge in [0.2, 0.25) is 0 Å². The Kier molecular flexibility index (Phi) is 7.12. The average Bonchev–Trinajstić information content (AvgIpc) is 2.64. The molecule has 1 aliphatic heterocycles. The van der Waals surface area contributed by atoms with Gasteiger partial charge in [-0.25, -0.2) is 4.79 Å². The second-order valence-electron chi connectivity index (χ2n) is 6.17. The van der Waals surface area contributed by atoms with Gasteiger partial charge in [-0.05, 0) is 30.5 Å². The Labute approximate surface area is 158 Å².